The van der Waals surface area contributed by atoms with Crippen molar-refractivity contribution in [1.29, 1.82) is 0 Å². The first kappa shape index (κ1) is 16.7. The molecule has 0 aromatic carbocycles. The first-order valence-electron chi connectivity index (χ1n) is 7.77. The van der Waals surface area contributed by atoms with Crippen LogP contribution in [0.15, 0.2) is 10.2 Å². The van der Waals surface area contributed by atoms with Gasteiger partial charge in [0.2, 0.25) is 5.91 Å². The third-order valence-electron chi connectivity index (χ3n) is 3.38. The van der Waals surface area contributed by atoms with Gasteiger partial charge >= 0.3 is 0 Å². The monoisotopic (exact) mass is 321 g/mol. The molecule has 0 unspecified atom stereocenters. The molecule has 6 heteroatoms. The SMILES string of the molecule is CCCCNC(=O)Cc1nc2scc(CC(C)C)c2c(=O)[nH]1. The van der Waals surface area contributed by atoms with Gasteiger partial charge in [-0.05, 0) is 29.7 Å². The molecule has 0 saturated carbocycles. The Morgan fingerprint density at radius 3 is 2.91 bits per heavy atom. The van der Waals surface area contributed by atoms with Gasteiger partial charge in [-0.3, -0.25) is 9.59 Å². The maximum Gasteiger partial charge on any atom is 0.259 e. The fourth-order valence-corrected chi connectivity index (χ4v) is 3.32. The summed E-state index contributed by atoms with van der Waals surface area (Å²) in [6, 6.07) is 0. The summed E-state index contributed by atoms with van der Waals surface area (Å²) in [5.74, 6) is 0.820. The van der Waals surface area contributed by atoms with E-state index in [4.69, 9.17) is 0 Å². The second-order valence-electron chi connectivity index (χ2n) is 5.93. The Balaban J connectivity index is 2.17. The van der Waals surface area contributed by atoms with Crippen LogP contribution < -0.4 is 10.9 Å². The topological polar surface area (TPSA) is 74.8 Å². The molecule has 0 aliphatic rings. The molecule has 0 spiro atoms. The summed E-state index contributed by atoms with van der Waals surface area (Å²) in [6.07, 6.45) is 2.97. The average molecular weight is 321 g/mol. The number of H-pyrrole nitrogens is 1. The minimum absolute atomic E-state index is 0.102. The summed E-state index contributed by atoms with van der Waals surface area (Å²) >= 11 is 1.47. The highest BCUT2D eigenvalue weighted by Gasteiger charge is 2.13. The molecule has 0 radical (unpaired) electrons. The average Bonchev–Trinajstić information content (AvgIpc) is 2.81. The number of thiophene rings is 1. The van der Waals surface area contributed by atoms with Crippen LogP contribution in [-0.2, 0) is 17.6 Å². The van der Waals surface area contributed by atoms with Gasteiger partial charge in [-0.25, -0.2) is 4.98 Å². The van der Waals surface area contributed by atoms with Crippen LogP contribution in [0.2, 0.25) is 0 Å². The van der Waals surface area contributed by atoms with Crippen LogP contribution in [0.4, 0.5) is 0 Å². The van der Waals surface area contributed by atoms with Crippen LogP contribution in [0.1, 0.15) is 45.0 Å². The first-order valence-corrected chi connectivity index (χ1v) is 8.65. The number of aromatic nitrogens is 2. The molecule has 0 bridgehead atoms. The first-order chi connectivity index (χ1) is 10.5. The van der Waals surface area contributed by atoms with Crippen molar-refractivity contribution in [2.75, 3.05) is 6.54 Å². The van der Waals surface area contributed by atoms with E-state index >= 15 is 0 Å². The Bertz CT molecular complexity index is 703. The second kappa shape index (κ2) is 7.54. The highest BCUT2D eigenvalue weighted by molar-refractivity contribution is 7.16. The van der Waals surface area contributed by atoms with Crippen molar-refractivity contribution < 1.29 is 4.79 Å². The Hall–Kier alpha value is -1.69. The van der Waals surface area contributed by atoms with E-state index in [1.165, 1.54) is 11.3 Å². The van der Waals surface area contributed by atoms with Gasteiger partial charge in [0.05, 0.1) is 11.8 Å². The van der Waals surface area contributed by atoms with E-state index in [0.29, 0.717) is 23.7 Å². The van der Waals surface area contributed by atoms with E-state index in [9.17, 15) is 9.59 Å². The van der Waals surface area contributed by atoms with Crippen molar-refractivity contribution in [3.05, 3.63) is 27.1 Å². The lowest BCUT2D eigenvalue weighted by Crippen LogP contribution is -2.27. The molecule has 120 valence electrons. The zero-order valence-corrected chi connectivity index (χ0v) is 14.2. The molecule has 0 atom stereocenters. The van der Waals surface area contributed by atoms with Crippen LogP contribution in [0.25, 0.3) is 10.2 Å². The number of hydrogen-bond acceptors (Lipinski definition) is 4. The Morgan fingerprint density at radius 2 is 2.23 bits per heavy atom. The van der Waals surface area contributed by atoms with Crippen LogP contribution in [0.3, 0.4) is 0 Å². The molecule has 2 heterocycles. The van der Waals surface area contributed by atoms with Crippen LogP contribution in [0, 0.1) is 5.92 Å². The van der Waals surface area contributed by atoms with Gasteiger partial charge in [-0.2, -0.15) is 0 Å². The predicted octanol–water partition coefficient (Wildman–Crippen LogP) is 2.64. The summed E-state index contributed by atoms with van der Waals surface area (Å²) < 4.78 is 0. The second-order valence-corrected chi connectivity index (χ2v) is 6.79. The Kier molecular flexibility index (Phi) is 5.71. The van der Waals surface area contributed by atoms with Gasteiger partial charge in [0.25, 0.3) is 5.56 Å². The minimum Gasteiger partial charge on any atom is -0.356 e. The van der Waals surface area contributed by atoms with Crippen LogP contribution in [0.5, 0.6) is 0 Å². The number of unbranched alkanes of at least 4 members (excludes halogenated alkanes) is 1. The molecule has 2 N–H and O–H groups in total. The quantitative estimate of drug-likeness (QED) is 0.770. The van der Waals surface area contributed by atoms with Crippen LogP contribution in [-0.4, -0.2) is 22.4 Å². The maximum atomic E-state index is 12.3. The van der Waals surface area contributed by atoms with E-state index in [2.05, 4.69) is 36.1 Å². The lowest BCUT2D eigenvalue weighted by atomic mass is 10.0. The molecule has 0 aliphatic carbocycles. The molecule has 2 rings (SSSR count). The van der Waals surface area contributed by atoms with Crippen molar-refractivity contribution in [1.82, 2.24) is 15.3 Å². The lowest BCUT2D eigenvalue weighted by molar-refractivity contribution is -0.120. The minimum atomic E-state index is -0.141. The van der Waals surface area contributed by atoms with Gasteiger partial charge < -0.3 is 10.3 Å². The predicted molar refractivity (Wildman–Crippen MR) is 90.4 cm³/mol. The third kappa shape index (κ3) is 4.16. The zero-order chi connectivity index (χ0) is 16.1. The third-order valence-corrected chi connectivity index (χ3v) is 4.30. The summed E-state index contributed by atoms with van der Waals surface area (Å²) in [6.45, 7) is 6.99. The lowest BCUT2D eigenvalue weighted by Gasteiger charge is -2.05. The number of nitrogens with one attached hydrogen (secondary N) is 2. The number of nitrogens with zero attached hydrogens (tertiary/aromatic N) is 1. The number of rotatable bonds is 7. The molecule has 5 nitrogen and oxygen atoms in total. The van der Waals surface area contributed by atoms with E-state index in [1.807, 2.05) is 5.38 Å². The fraction of sp³-hybridized carbons (Fsp3) is 0.562. The molecule has 0 saturated heterocycles. The standard InChI is InChI=1S/C16H23N3O2S/c1-4-5-6-17-13(20)8-12-18-15(21)14-11(7-10(2)3)9-22-16(14)19-12/h9-10H,4-8H2,1-3H3,(H,17,20)(H,18,19,21). The molecule has 1 amide bonds. The molecule has 22 heavy (non-hydrogen) atoms. The number of carbonyl (C=O) groups excluding carboxylic acids is 1. The highest BCUT2D eigenvalue weighted by Crippen LogP contribution is 2.23. The molecule has 0 fully saturated rings. The molecule has 2 aromatic heterocycles. The molecule has 0 aliphatic heterocycles. The van der Waals surface area contributed by atoms with E-state index < -0.39 is 0 Å². The van der Waals surface area contributed by atoms with E-state index in [1.54, 1.807) is 0 Å². The normalized spacial score (nSPS) is 11.3. The van der Waals surface area contributed by atoms with Gasteiger partial charge in [0, 0.05) is 6.54 Å². The molecular formula is C16H23N3O2S. The smallest absolute Gasteiger partial charge is 0.259 e. The van der Waals surface area contributed by atoms with Crippen molar-refractivity contribution in [2.45, 2.75) is 46.5 Å². The number of carbonyl (C=O) groups is 1. The van der Waals surface area contributed by atoms with Gasteiger partial charge in [-0.1, -0.05) is 27.2 Å². The Labute approximate surface area is 134 Å². The summed E-state index contributed by atoms with van der Waals surface area (Å²) in [7, 11) is 0. The van der Waals surface area contributed by atoms with E-state index in [-0.39, 0.29) is 17.9 Å². The summed E-state index contributed by atoms with van der Waals surface area (Å²) in [5, 5.41) is 5.51. The van der Waals surface area contributed by atoms with Crippen molar-refractivity contribution in [3.8, 4) is 0 Å². The summed E-state index contributed by atoms with van der Waals surface area (Å²) in [4.78, 5) is 32.0. The Morgan fingerprint density at radius 1 is 1.45 bits per heavy atom. The van der Waals surface area contributed by atoms with Crippen molar-refractivity contribution in [3.63, 3.8) is 0 Å². The number of fused-ring (bicyclic) bond motifs is 1. The van der Waals surface area contributed by atoms with Crippen LogP contribution >= 0.6 is 11.3 Å². The van der Waals surface area contributed by atoms with Gasteiger partial charge in [0.1, 0.15) is 10.7 Å². The summed E-state index contributed by atoms with van der Waals surface area (Å²) in [5.41, 5.74) is 0.904. The molecule has 2 aromatic rings. The number of amides is 1. The van der Waals surface area contributed by atoms with Crippen molar-refractivity contribution in [2.24, 2.45) is 5.92 Å². The fourth-order valence-electron chi connectivity index (χ4n) is 2.34. The zero-order valence-electron chi connectivity index (χ0n) is 13.4. The highest BCUT2D eigenvalue weighted by atomic mass is 32.1. The largest absolute Gasteiger partial charge is 0.356 e. The van der Waals surface area contributed by atoms with Gasteiger partial charge in [-0.15, -0.1) is 11.3 Å². The maximum absolute atomic E-state index is 12.3. The number of hydrogen-bond donors (Lipinski definition) is 2. The van der Waals surface area contributed by atoms with Crippen molar-refractivity contribution >= 4 is 27.5 Å². The van der Waals surface area contributed by atoms with Gasteiger partial charge in [0.15, 0.2) is 0 Å². The molecular weight excluding hydrogens is 298 g/mol. The van der Waals surface area contributed by atoms with E-state index in [0.717, 1.165) is 29.7 Å². The number of aromatic amines is 1.